The van der Waals surface area contributed by atoms with E-state index in [2.05, 4.69) is 15.9 Å². The number of methoxy groups -OCH3 is 2. The maximum atomic E-state index is 13.7. The fraction of sp³-hybridized carbons (Fsp3) is 0.154. The molecular weight excluding hydrogens is 534 g/mol. The summed E-state index contributed by atoms with van der Waals surface area (Å²) in [5.41, 5.74) is 1.08. The molecule has 0 bridgehead atoms. The topological polar surface area (TPSA) is 89.2 Å². The van der Waals surface area contributed by atoms with Crippen molar-refractivity contribution in [3.63, 3.8) is 0 Å². The van der Waals surface area contributed by atoms with E-state index in [1.165, 1.54) is 30.5 Å². The lowest BCUT2D eigenvalue weighted by atomic mass is 9.94. The molecule has 35 heavy (non-hydrogen) atoms. The Kier molecular flexibility index (Phi) is 6.12. The van der Waals surface area contributed by atoms with Gasteiger partial charge in [0.2, 0.25) is 5.78 Å². The van der Waals surface area contributed by atoms with Crippen molar-refractivity contribution in [2.75, 3.05) is 14.2 Å². The summed E-state index contributed by atoms with van der Waals surface area (Å²) in [6.45, 7) is 0.226. The summed E-state index contributed by atoms with van der Waals surface area (Å²) in [5, 5.41) is 13.6. The van der Waals surface area contributed by atoms with E-state index in [1.54, 1.807) is 30.3 Å². The molecule has 1 aliphatic rings. The van der Waals surface area contributed by atoms with Gasteiger partial charge in [0.05, 0.1) is 32.4 Å². The first kappa shape index (κ1) is 23.2. The standard InChI is InChI=1S/C26H20BrNO6S/c1-32-19-7-5-14(11-20(19)33-2)23-22(25(30)26(31)28(23)13-17-4-3-9-35-17)24(29)21-12-15-10-16(27)6-8-18(15)34-21/h3-12,23,30H,13H2,1-2H3. The maximum Gasteiger partial charge on any atom is 0.290 e. The van der Waals surface area contributed by atoms with Crippen molar-refractivity contribution < 1.29 is 28.6 Å². The molecular formula is C26H20BrNO6S. The van der Waals surface area contributed by atoms with E-state index in [0.717, 1.165) is 14.7 Å². The number of furan rings is 1. The molecule has 0 fully saturated rings. The number of ether oxygens (including phenoxy) is 2. The van der Waals surface area contributed by atoms with Gasteiger partial charge in [0.15, 0.2) is 23.0 Å². The van der Waals surface area contributed by atoms with Crippen LogP contribution in [0.25, 0.3) is 11.0 Å². The van der Waals surface area contributed by atoms with E-state index in [0.29, 0.717) is 22.6 Å². The first-order chi connectivity index (χ1) is 16.9. The zero-order valence-corrected chi connectivity index (χ0v) is 21.2. The number of hydrogen-bond acceptors (Lipinski definition) is 7. The summed E-state index contributed by atoms with van der Waals surface area (Å²) >= 11 is 4.90. The predicted molar refractivity (Wildman–Crippen MR) is 135 cm³/mol. The lowest BCUT2D eigenvalue weighted by Crippen LogP contribution is -2.30. The van der Waals surface area contributed by atoms with Crippen LogP contribution in [0, 0.1) is 0 Å². The molecule has 0 radical (unpaired) electrons. The number of rotatable bonds is 7. The molecule has 4 aromatic rings. The summed E-state index contributed by atoms with van der Waals surface area (Å²) in [7, 11) is 3.04. The summed E-state index contributed by atoms with van der Waals surface area (Å²) in [5.74, 6) is -0.782. The molecule has 1 N–H and O–H groups in total. The second-order valence-corrected chi connectivity index (χ2v) is 9.86. The Morgan fingerprint density at radius 1 is 1.11 bits per heavy atom. The average molecular weight is 554 g/mol. The molecule has 178 valence electrons. The number of carbonyl (C=O) groups excluding carboxylic acids is 2. The molecule has 0 saturated heterocycles. The minimum absolute atomic E-state index is 0.0379. The van der Waals surface area contributed by atoms with E-state index in [1.807, 2.05) is 29.6 Å². The normalized spacial score (nSPS) is 15.8. The molecule has 5 rings (SSSR count). The van der Waals surface area contributed by atoms with Crippen molar-refractivity contribution >= 4 is 49.9 Å². The largest absolute Gasteiger partial charge is 0.503 e. The Labute approximate surface area is 213 Å². The van der Waals surface area contributed by atoms with Crippen LogP contribution in [0.2, 0.25) is 0 Å². The quantitative estimate of drug-likeness (QED) is 0.280. The third-order valence-electron chi connectivity index (χ3n) is 5.88. The van der Waals surface area contributed by atoms with Crippen LogP contribution in [0.15, 0.2) is 80.2 Å². The number of thiophene rings is 1. The lowest BCUT2D eigenvalue weighted by molar-refractivity contribution is -0.130. The highest BCUT2D eigenvalue weighted by molar-refractivity contribution is 9.10. The first-order valence-electron chi connectivity index (χ1n) is 10.6. The summed E-state index contributed by atoms with van der Waals surface area (Å²) < 4.78 is 17.4. The maximum absolute atomic E-state index is 13.7. The zero-order valence-electron chi connectivity index (χ0n) is 18.8. The number of fused-ring (bicyclic) bond motifs is 1. The van der Waals surface area contributed by atoms with Crippen molar-refractivity contribution in [1.82, 2.24) is 4.90 Å². The third kappa shape index (κ3) is 4.11. The number of nitrogens with zero attached hydrogens (tertiary/aromatic N) is 1. The van der Waals surface area contributed by atoms with Crippen LogP contribution < -0.4 is 9.47 Å². The van der Waals surface area contributed by atoms with Gasteiger partial charge in [-0.25, -0.2) is 0 Å². The van der Waals surface area contributed by atoms with E-state index in [4.69, 9.17) is 13.9 Å². The molecule has 3 heterocycles. The predicted octanol–water partition coefficient (Wildman–Crippen LogP) is 6.05. The highest BCUT2D eigenvalue weighted by Gasteiger charge is 2.45. The summed E-state index contributed by atoms with van der Waals surface area (Å²) in [4.78, 5) is 29.3. The zero-order chi connectivity index (χ0) is 24.7. The number of hydrogen-bond donors (Lipinski definition) is 1. The van der Waals surface area contributed by atoms with Gasteiger partial charge in [-0.2, -0.15) is 0 Å². The van der Waals surface area contributed by atoms with E-state index in [-0.39, 0.29) is 17.9 Å². The van der Waals surface area contributed by atoms with Crippen molar-refractivity contribution in [2.24, 2.45) is 0 Å². The molecule has 1 aliphatic heterocycles. The van der Waals surface area contributed by atoms with Crippen molar-refractivity contribution in [3.05, 3.63) is 92.0 Å². The van der Waals surface area contributed by atoms with Crippen LogP contribution in [0.4, 0.5) is 0 Å². The van der Waals surface area contributed by atoms with Crippen LogP contribution in [0.3, 0.4) is 0 Å². The molecule has 9 heteroatoms. The van der Waals surface area contributed by atoms with Gasteiger partial charge in [0, 0.05) is 14.7 Å². The van der Waals surface area contributed by atoms with Crippen LogP contribution in [0.5, 0.6) is 11.5 Å². The second-order valence-electron chi connectivity index (χ2n) is 7.91. The van der Waals surface area contributed by atoms with E-state index >= 15 is 0 Å². The molecule has 1 unspecified atom stereocenters. The molecule has 0 spiro atoms. The third-order valence-corrected chi connectivity index (χ3v) is 7.23. The molecule has 0 aliphatic carbocycles. The first-order valence-corrected chi connectivity index (χ1v) is 12.3. The Morgan fingerprint density at radius 3 is 2.63 bits per heavy atom. The highest BCUT2D eigenvalue weighted by Crippen LogP contribution is 2.43. The average Bonchev–Trinajstić information content (AvgIpc) is 3.58. The van der Waals surface area contributed by atoms with Gasteiger partial charge >= 0.3 is 0 Å². The van der Waals surface area contributed by atoms with Crippen LogP contribution in [-0.4, -0.2) is 35.9 Å². The lowest BCUT2D eigenvalue weighted by Gasteiger charge is -2.26. The van der Waals surface area contributed by atoms with Gasteiger partial charge in [-0.3, -0.25) is 9.59 Å². The number of aliphatic hydroxyl groups is 1. The Hall–Kier alpha value is -3.56. The van der Waals surface area contributed by atoms with Crippen molar-refractivity contribution in [2.45, 2.75) is 12.6 Å². The van der Waals surface area contributed by atoms with Gasteiger partial charge in [0.1, 0.15) is 5.58 Å². The highest BCUT2D eigenvalue weighted by atomic mass is 79.9. The number of Topliss-reactive ketones (excluding diaryl/α,β-unsaturated/α-hetero) is 1. The van der Waals surface area contributed by atoms with Gasteiger partial charge in [-0.1, -0.05) is 28.1 Å². The van der Waals surface area contributed by atoms with E-state index in [9.17, 15) is 14.7 Å². The molecule has 7 nitrogen and oxygen atoms in total. The number of carbonyl (C=O) groups is 2. The number of ketones is 1. The van der Waals surface area contributed by atoms with Gasteiger partial charge in [-0.05, 0) is 53.4 Å². The second kappa shape index (κ2) is 9.24. The molecule has 2 aromatic heterocycles. The fourth-order valence-corrected chi connectivity index (χ4v) is 5.33. The number of amides is 1. The van der Waals surface area contributed by atoms with Crippen LogP contribution >= 0.6 is 27.3 Å². The minimum atomic E-state index is -0.850. The van der Waals surface area contributed by atoms with Gasteiger partial charge in [0.25, 0.3) is 5.91 Å². The van der Waals surface area contributed by atoms with Crippen LogP contribution in [-0.2, 0) is 11.3 Å². The van der Waals surface area contributed by atoms with Crippen LogP contribution in [0.1, 0.15) is 27.0 Å². The Morgan fingerprint density at radius 2 is 1.91 bits per heavy atom. The molecule has 2 aromatic carbocycles. The summed E-state index contributed by atoms with van der Waals surface area (Å²) in [6.07, 6.45) is 0. The SMILES string of the molecule is COc1ccc(C2C(C(=O)c3cc4cc(Br)ccc4o3)=C(O)C(=O)N2Cc2cccs2)cc1OC. The molecule has 1 amide bonds. The minimum Gasteiger partial charge on any atom is -0.503 e. The molecule has 0 saturated carbocycles. The monoisotopic (exact) mass is 553 g/mol. The van der Waals surface area contributed by atoms with E-state index < -0.39 is 23.5 Å². The van der Waals surface area contributed by atoms with Gasteiger partial charge < -0.3 is 23.9 Å². The number of benzene rings is 2. The number of halogens is 1. The number of aliphatic hydroxyl groups excluding tert-OH is 1. The van der Waals surface area contributed by atoms with Crippen molar-refractivity contribution in [1.29, 1.82) is 0 Å². The Balaban J connectivity index is 1.63. The molecule has 1 atom stereocenters. The van der Waals surface area contributed by atoms with Crippen molar-refractivity contribution in [3.8, 4) is 11.5 Å². The Bertz CT molecular complexity index is 1470. The fourth-order valence-electron chi connectivity index (χ4n) is 4.25. The van der Waals surface area contributed by atoms with Gasteiger partial charge in [-0.15, -0.1) is 11.3 Å². The summed E-state index contributed by atoms with van der Waals surface area (Å²) in [6, 6.07) is 15.1. The smallest absolute Gasteiger partial charge is 0.290 e.